The summed E-state index contributed by atoms with van der Waals surface area (Å²) in [5, 5.41) is 0. The Balaban J connectivity index is 2.18. The Hall–Kier alpha value is -2.74. The third kappa shape index (κ3) is 6.38. The summed E-state index contributed by atoms with van der Waals surface area (Å²) >= 11 is 0. The molecule has 0 aromatic heterocycles. The first-order valence-electron chi connectivity index (χ1n) is 9.37. The molecule has 4 nitrogen and oxygen atoms in total. The van der Waals surface area contributed by atoms with E-state index >= 15 is 0 Å². The smallest absolute Gasteiger partial charge is 0.371 e. The standard InChI is InChI=1S/C22H25F3N2O2S/c1-4-27(16-19-9-6-5-7-10-19)18(3)14-13-17(2)20-11-8-12-21(15-20)26-30(28,29)22(23,24)25/h5-15,26H,4,16H2,1-3H3. The molecule has 0 saturated heterocycles. The van der Waals surface area contributed by atoms with Gasteiger partial charge < -0.3 is 4.90 Å². The highest BCUT2D eigenvalue weighted by atomic mass is 32.2. The molecule has 0 unspecified atom stereocenters. The van der Waals surface area contributed by atoms with Crippen molar-refractivity contribution in [1.82, 2.24) is 4.90 Å². The molecule has 0 heterocycles. The lowest BCUT2D eigenvalue weighted by Crippen LogP contribution is -2.29. The summed E-state index contributed by atoms with van der Waals surface area (Å²) in [5.41, 5.74) is -1.87. The Labute approximate surface area is 175 Å². The maximum Gasteiger partial charge on any atom is 0.516 e. The van der Waals surface area contributed by atoms with Gasteiger partial charge >= 0.3 is 15.5 Å². The molecule has 8 heteroatoms. The van der Waals surface area contributed by atoms with Crippen LogP contribution in [0.3, 0.4) is 0 Å². The average Bonchev–Trinajstić information content (AvgIpc) is 2.69. The van der Waals surface area contributed by atoms with Crippen LogP contribution in [0.25, 0.3) is 5.57 Å². The molecule has 2 aromatic carbocycles. The van der Waals surface area contributed by atoms with Gasteiger partial charge in [-0.1, -0.05) is 48.5 Å². The summed E-state index contributed by atoms with van der Waals surface area (Å²) in [7, 11) is -5.45. The van der Waals surface area contributed by atoms with E-state index in [1.165, 1.54) is 23.8 Å². The van der Waals surface area contributed by atoms with Crippen LogP contribution in [-0.4, -0.2) is 25.4 Å². The number of allylic oxidation sites excluding steroid dienone is 4. The van der Waals surface area contributed by atoms with E-state index in [1.807, 2.05) is 44.2 Å². The summed E-state index contributed by atoms with van der Waals surface area (Å²) in [6.45, 7) is 7.45. The maximum atomic E-state index is 12.6. The van der Waals surface area contributed by atoms with Crippen molar-refractivity contribution in [1.29, 1.82) is 0 Å². The molecule has 0 aliphatic carbocycles. The van der Waals surface area contributed by atoms with Crippen LogP contribution in [0.15, 0.2) is 72.4 Å². The van der Waals surface area contributed by atoms with E-state index in [0.717, 1.165) is 24.4 Å². The van der Waals surface area contributed by atoms with Gasteiger partial charge in [-0.3, -0.25) is 4.72 Å². The molecule has 0 saturated carbocycles. The Morgan fingerprint density at radius 2 is 1.70 bits per heavy atom. The molecular weight excluding hydrogens is 413 g/mol. The number of alkyl halides is 3. The third-order valence-corrected chi connectivity index (χ3v) is 5.66. The second-order valence-electron chi connectivity index (χ2n) is 6.79. The van der Waals surface area contributed by atoms with Gasteiger partial charge in [-0.05, 0) is 55.7 Å². The molecule has 162 valence electrons. The van der Waals surface area contributed by atoms with Gasteiger partial charge in [0.1, 0.15) is 0 Å². The zero-order chi connectivity index (χ0) is 22.4. The predicted octanol–water partition coefficient (Wildman–Crippen LogP) is 5.78. The Kier molecular flexibility index (Phi) is 7.72. The van der Waals surface area contributed by atoms with Gasteiger partial charge in [0.2, 0.25) is 0 Å². The molecule has 1 N–H and O–H groups in total. The van der Waals surface area contributed by atoms with Crippen molar-refractivity contribution >= 4 is 21.3 Å². The van der Waals surface area contributed by atoms with E-state index in [2.05, 4.69) is 24.0 Å². The van der Waals surface area contributed by atoms with Crippen LogP contribution in [0.5, 0.6) is 0 Å². The molecule has 0 radical (unpaired) electrons. The van der Waals surface area contributed by atoms with E-state index in [1.54, 1.807) is 10.8 Å². The van der Waals surface area contributed by atoms with Crippen molar-refractivity contribution in [2.75, 3.05) is 11.3 Å². The van der Waals surface area contributed by atoms with Gasteiger partial charge in [-0.2, -0.15) is 21.6 Å². The van der Waals surface area contributed by atoms with Gasteiger partial charge in [0, 0.05) is 24.5 Å². The summed E-state index contributed by atoms with van der Waals surface area (Å²) in [6.07, 6.45) is 3.80. The number of nitrogens with zero attached hydrogens (tertiary/aromatic N) is 1. The minimum Gasteiger partial charge on any atom is -0.371 e. The van der Waals surface area contributed by atoms with Crippen LogP contribution >= 0.6 is 0 Å². The number of anilines is 1. The molecule has 0 aliphatic heterocycles. The zero-order valence-corrected chi connectivity index (χ0v) is 17.9. The molecule has 2 rings (SSSR count). The summed E-state index contributed by atoms with van der Waals surface area (Å²) in [6, 6.07) is 15.9. The van der Waals surface area contributed by atoms with Crippen LogP contribution in [-0.2, 0) is 16.6 Å². The molecule has 0 amide bonds. The summed E-state index contributed by atoms with van der Waals surface area (Å²) in [4.78, 5) is 2.20. The number of benzene rings is 2. The highest BCUT2D eigenvalue weighted by molar-refractivity contribution is 7.93. The minimum atomic E-state index is -5.45. The van der Waals surface area contributed by atoms with Crippen molar-refractivity contribution in [3.8, 4) is 0 Å². The summed E-state index contributed by atoms with van der Waals surface area (Å²) in [5.74, 6) is 0. The lowest BCUT2D eigenvalue weighted by molar-refractivity contribution is -0.0429. The van der Waals surface area contributed by atoms with Crippen LogP contribution in [0.1, 0.15) is 31.9 Å². The first kappa shape index (κ1) is 23.5. The molecule has 0 bridgehead atoms. The number of hydrogen-bond donors (Lipinski definition) is 1. The van der Waals surface area contributed by atoms with Gasteiger partial charge in [0.15, 0.2) is 0 Å². The Morgan fingerprint density at radius 3 is 2.30 bits per heavy atom. The lowest BCUT2D eigenvalue weighted by atomic mass is 10.1. The van der Waals surface area contributed by atoms with Crippen molar-refractivity contribution < 1.29 is 21.6 Å². The van der Waals surface area contributed by atoms with E-state index in [4.69, 9.17) is 0 Å². The third-order valence-electron chi connectivity index (χ3n) is 4.55. The molecule has 0 atom stereocenters. The van der Waals surface area contributed by atoms with Gasteiger partial charge in [-0.25, -0.2) is 0 Å². The first-order chi connectivity index (χ1) is 14.0. The molecule has 2 aromatic rings. The fraction of sp³-hybridized carbons (Fsp3) is 0.273. The van der Waals surface area contributed by atoms with Crippen LogP contribution in [0.2, 0.25) is 0 Å². The minimum absolute atomic E-state index is 0.141. The van der Waals surface area contributed by atoms with Crippen molar-refractivity contribution in [2.45, 2.75) is 32.8 Å². The Bertz CT molecular complexity index is 1010. The zero-order valence-electron chi connectivity index (χ0n) is 17.1. The van der Waals surface area contributed by atoms with E-state index < -0.39 is 15.5 Å². The van der Waals surface area contributed by atoms with Crippen molar-refractivity contribution in [3.63, 3.8) is 0 Å². The van der Waals surface area contributed by atoms with Crippen molar-refractivity contribution in [2.24, 2.45) is 0 Å². The largest absolute Gasteiger partial charge is 0.516 e. The van der Waals surface area contributed by atoms with E-state index in [9.17, 15) is 21.6 Å². The van der Waals surface area contributed by atoms with E-state index in [-0.39, 0.29) is 5.69 Å². The number of sulfonamides is 1. The van der Waals surface area contributed by atoms with Gasteiger partial charge in [-0.15, -0.1) is 0 Å². The quantitative estimate of drug-likeness (QED) is 0.532. The van der Waals surface area contributed by atoms with Crippen LogP contribution in [0.4, 0.5) is 18.9 Å². The predicted molar refractivity (Wildman–Crippen MR) is 115 cm³/mol. The topological polar surface area (TPSA) is 49.4 Å². The van der Waals surface area contributed by atoms with Gasteiger partial charge in [0.05, 0.1) is 0 Å². The lowest BCUT2D eigenvalue weighted by Gasteiger charge is -2.23. The number of hydrogen-bond acceptors (Lipinski definition) is 3. The second-order valence-corrected chi connectivity index (χ2v) is 8.46. The molecule has 0 fully saturated rings. The molecule has 0 aliphatic rings. The average molecular weight is 439 g/mol. The SMILES string of the molecule is CCN(Cc1ccccc1)C(C)=CC=C(C)c1cccc(NS(=O)(=O)C(F)(F)F)c1. The fourth-order valence-electron chi connectivity index (χ4n) is 2.78. The van der Waals surface area contributed by atoms with Crippen LogP contribution < -0.4 is 4.72 Å². The van der Waals surface area contributed by atoms with Crippen molar-refractivity contribution in [3.05, 3.63) is 83.6 Å². The van der Waals surface area contributed by atoms with Gasteiger partial charge in [0.25, 0.3) is 0 Å². The molecule has 0 spiro atoms. The number of halogens is 3. The second kappa shape index (κ2) is 9.84. The monoisotopic (exact) mass is 438 g/mol. The highest BCUT2D eigenvalue weighted by Gasteiger charge is 2.46. The van der Waals surface area contributed by atoms with Crippen LogP contribution in [0, 0.1) is 0 Å². The summed E-state index contributed by atoms with van der Waals surface area (Å²) < 4.78 is 61.9. The number of rotatable bonds is 8. The highest BCUT2D eigenvalue weighted by Crippen LogP contribution is 2.27. The number of nitrogens with one attached hydrogen (secondary N) is 1. The normalized spacial score (nSPS) is 13.3. The first-order valence-corrected chi connectivity index (χ1v) is 10.9. The molecule has 30 heavy (non-hydrogen) atoms. The molecular formula is C22H25F3N2O2S. The maximum absolute atomic E-state index is 12.6. The Morgan fingerprint density at radius 1 is 1.03 bits per heavy atom. The van der Waals surface area contributed by atoms with E-state index in [0.29, 0.717) is 5.56 Å². The fourth-order valence-corrected chi connectivity index (χ4v) is 3.33.